The van der Waals surface area contributed by atoms with Gasteiger partial charge in [-0.05, 0) is 43.5 Å². The molecule has 0 amide bonds. The van der Waals surface area contributed by atoms with Gasteiger partial charge in [0.1, 0.15) is 11.4 Å². The Bertz CT molecular complexity index is 524. The molecule has 1 fully saturated rings. The third-order valence-corrected chi connectivity index (χ3v) is 3.56. The Morgan fingerprint density at radius 2 is 2.00 bits per heavy atom. The molecule has 1 aliphatic heterocycles. The smallest absolute Gasteiger partial charge is 0.141 e. The van der Waals surface area contributed by atoms with E-state index in [9.17, 15) is 0 Å². The fourth-order valence-electron chi connectivity index (χ4n) is 2.68. The molecule has 0 atom stereocenters. The van der Waals surface area contributed by atoms with Crippen molar-refractivity contribution >= 4 is 35.8 Å². The van der Waals surface area contributed by atoms with Gasteiger partial charge in [0.2, 0.25) is 0 Å². The number of nitrogens with one attached hydrogen (secondary N) is 2. The van der Waals surface area contributed by atoms with E-state index in [1.165, 1.54) is 18.4 Å². The van der Waals surface area contributed by atoms with Gasteiger partial charge in [0.05, 0.1) is 12.5 Å². The summed E-state index contributed by atoms with van der Waals surface area (Å²) >= 11 is 0. The van der Waals surface area contributed by atoms with Crippen LogP contribution in [0.1, 0.15) is 24.3 Å². The summed E-state index contributed by atoms with van der Waals surface area (Å²) in [6.45, 7) is 2.19. The third kappa shape index (κ3) is 2.96. The summed E-state index contributed by atoms with van der Waals surface area (Å²) in [7, 11) is 1.72. The zero-order valence-electron chi connectivity index (χ0n) is 10.8. The summed E-state index contributed by atoms with van der Waals surface area (Å²) in [6.07, 6.45) is 6.25. The fraction of sp³-hybridized carbons (Fsp3) is 0.462. The Kier molecular flexibility index (Phi) is 5.91. The molecular formula is C13H19Cl2N3O. The number of ether oxygens (including phenoxy) is 1. The number of aromatic nitrogens is 2. The van der Waals surface area contributed by atoms with E-state index >= 15 is 0 Å². The number of aromatic amines is 1. The van der Waals surface area contributed by atoms with Crippen LogP contribution >= 0.6 is 24.8 Å². The van der Waals surface area contributed by atoms with Crippen LogP contribution in [-0.2, 0) is 0 Å². The van der Waals surface area contributed by atoms with Gasteiger partial charge in [0.15, 0.2) is 0 Å². The van der Waals surface area contributed by atoms with Gasteiger partial charge >= 0.3 is 0 Å². The topological polar surface area (TPSA) is 49.9 Å². The minimum atomic E-state index is 0. The molecule has 0 bridgehead atoms. The summed E-state index contributed by atoms with van der Waals surface area (Å²) in [5.74, 6) is 1.54. The second-order valence-corrected chi connectivity index (χ2v) is 4.51. The van der Waals surface area contributed by atoms with Crippen molar-refractivity contribution in [1.82, 2.24) is 15.3 Å². The van der Waals surface area contributed by atoms with Crippen LogP contribution in [0.15, 0.2) is 18.5 Å². The van der Waals surface area contributed by atoms with E-state index in [0.717, 1.165) is 29.9 Å². The van der Waals surface area contributed by atoms with Crippen molar-refractivity contribution in [1.29, 1.82) is 0 Å². The lowest BCUT2D eigenvalue weighted by atomic mass is 9.90. The van der Waals surface area contributed by atoms with Crippen molar-refractivity contribution in [3.63, 3.8) is 0 Å². The lowest BCUT2D eigenvalue weighted by molar-refractivity contribution is 0.417. The first kappa shape index (κ1) is 16.1. The van der Waals surface area contributed by atoms with Crippen molar-refractivity contribution in [3.05, 3.63) is 24.0 Å². The first-order valence-corrected chi connectivity index (χ1v) is 6.11. The van der Waals surface area contributed by atoms with Crippen LogP contribution in [-0.4, -0.2) is 30.2 Å². The molecular weight excluding hydrogens is 285 g/mol. The van der Waals surface area contributed by atoms with Crippen LogP contribution in [0.5, 0.6) is 5.75 Å². The molecule has 3 rings (SSSR count). The van der Waals surface area contributed by atoms with Gasteiger partial charge in [-0.1, -0.05) is 0 Å². The van der Waals surface area contributed by atoms with E-state index in [1.807, 2.05) is 6.07 Å². The van der Waals surface area contributed by atoms with Crippen molar-refractivity contribution in [2.75, 3.05) is 20.2 Å². The van der Waals surface area contributed by atoms with Gasteiger partial charge in [-0.2, -0.15) is 0 Å². The van der Waals surface area contributed by atoms with Crippen LogP contribution < -0.4 is 10.1 Å². The monoisotopic (exact) mass is 303 g/mol. The summed E-state index contributed by atoms with van der Waals surface area (Å²) in [6, 6.07) is 1.93. The first-order valence-electron chi connectivity index (χ1n) is 6.11. The van der Waals surface area contributed by atoms with Crippen molar-refractivity contribution in [2.24, 2.45) is 0 Å². The first-order chi connectivity index (χ1) is 8.40. The Morgan fingerprint density at radius 1 is 1.26 bits per heavy atom. The number of piperidine rings is 1. The molecule has 4 nitrogen and oxygen atoms in total. The van der Waals surface area contributed by atoms with E-state index in [2.05, 4.69) is 21.5 Å². The van der Waals surface area contributed by atoms with E-state index in [0.29, 0.717) is 5.92 Å². The third-order valence-electron chi connectivity index (χ3n) is 3.56. The highest BCUT2D eigenvalue weighted by atomic mass is 35.5. The highest BCUT2D eigenvalue weighted by Gasteiger charge is 2.20. The van der Waals surface area contributed by atoms with Gasteiger partial charge in [-0.3, -0.25) is 0 Å². The highest BCUT2D eigenvalue weighted by Crippen LogP contribution is 2.35. The molecule has 0 aromatic carbocycles. The lowest BCUT2D eigenvalue weighted by Gasteiger charge is -2.22. The predicted molar refractivity (Wildman–Crippen MR) is 82.0 cm³/mol. The maximum atomic E-state index is 5.44. The molecule has 0 unspecified atom stereocenters. The number of hydrogen-bond acceptors (Lipinski definition) is 3. The van der Waals surface area contributed by atoms with E-state index in [-0.39, 0.29) is 24.8 Å². The number of fused-ring (bicyclic) bond motifs is 1. The molecule has 6 heteroatoms. The number of H-pyrrole nitrogens is 1. The second-order valence-electron chi connectivity index (χ2n) is 4.51. The van der Waals surface area contributed by atoms with Gasteiger partial charge < -0.3 is 15.0 Å². The molecule has 2 aromatic rings. The number of halogens is 2. The zero-order valence-corrected chi connectivity index (χ0v) is 12.4. The Hall–Kier alpha value is -0.970. The summed E-state index contributed by atoms with van der Waals surface area (Å²) < 4.78 is 5.44. The summed E-state index contributed by atoms with van der Waals surface area (Å²) in [4.78, 5) is 7.60. The lowest BCUT2D eigenvalue weighted by Crippen LogP contribution is -2.26. The average Bonchev–Trinajstić information content (AvgIpc) is 2.83. The molecule has 19 heavy (non-hydrogen) atoms. The summed E-state index contributed by atoms with van der Waals surface area (Å²) in [5.41, 5.74) is 2.28. The SMILES string of the molecule is COc1ccnc2[nH]cc(C3CCNCC3)c12.Cl.Cl. The van der Waals surface area contributed by atoms with Gasteiger partial charge in [-0.25, -0.2) is 4.98 Å². The number of pyridine rings is 1. The Balaban J connectivity index is 0.000000902. The second kappa shape index (κ2) is 6.98. The van der Waals surface area contributed by atoms with Gasteiger partial charge in [-0.15, -0.1) is 24.8 Å². The van der Waals surface area contributed by atoms with Gasteiger partial charge in [0, 0.05) is 12.4 Å². The molecule has 106 valence electrons. The number of methoxy groups -OCH3 is 1. The molecule has 2 aromatic heterocycles. The molecule has 0 saturated carbocycles. The summed E-state index contributed by atoms with van der Waals surface area (Å²) in [5, 5.41) is 4.55. The van der Waals surface area contributed by atoms with Crippen molar-refractivity contribution in [3.8, 4) is 5.75 Å². The van der Waals surface area contributed by atoms with Crippen LogP contribution in [0.2, 0.25) is 0 Å². The Morgan fingerprint density at radius 3 is 2.68 bits per heavy atom. The quantitative estimate of drug-likeness (QED) is 0.897. The highest BCUT2D eigenvalue weighted by molar-refractivity contribution is 5.87. The van der Waals surface area contributed by atoms with Crippen molar-refractivity contribution < 1.29 is 4.74 Å². The largest absolute Gasteiger partial charge is 0.496 e. The normalized spacial score (nSPS) is 15.6. The van der Waals surface area contributed by atoms with Crippen molar-refractivity contribution in [2.45, 2.75) is 18.8 Å². The molecule has 0 spiro atoms. The molecule has 0 radical (unpaired) electrons. The number of nitrogens with zero attached hydrogens (tertiary/aromatic N) is 1. The molecule has 2 N–H and O–H groups in total. The molecule has 1 aliphatic rings. The van der Waals surface area contributed by atoms with E-state index in [4.69, 9.17) is 4.74 Å². The minimum absolute atomic E-state index is 0. The fourth-order valence-corrected chi connectivity index (χ4v) is 2.68. The predicted octanol–water partition coefficient (Wildman–Crippen LogP) is 2.88. The maximum Gasteiger partial charge on any atom is 0.141 e. The zero-order chi connectivity index (χ0) is 11.7. The maximum absolute atomic E-state index is 5.44. The van der Waals surface area contributed by atoms with Crippen LogP contribution in [0, 0.1) is 0 Å². The van der Waals surface area contributed by atoms with Crippen LogP contribution in [0.4, 0.5) is 0 Å². The average molecular weight is 304 g/mol. The Labute approximate surface area is 125 Å². The van der Waals surface area contributed by atoms with Gasteiger partial charge in [0.25, 0.3) is 0 Å². The number of hydrogen-bond donors (Lipinski definition) is 2. The van der Waals surface area contributed by atoms with Crippen LogP contribution in [0.25, 0.3) is 11.0 Å². The molecule has 3 heterocycles. The minimum Gasteiger partial charge on any atom is -0.496 e. The molecule has 0 aliphatic carbocycles. The number of rotatable bonds is 2. The molecule has 1 saturated heterocycles. The van der Waals surface area contributed by atoms with E-state index in [1.54, 1.807) is 13.3 Å². The van der Waals surface area contributed by atoms with E-state index < -0.39 is 0 Å². The standard InChI is InChI=1S/C13H17N3O.2ClH/c1-17-11-4-7-15-13-12(11)10(8-16-13)9-2-5-14-6-3-9;;/h4,7-9,14H,2-3,5-6H2,1H3,(H,15,16);2*1H. The van der Waals surface area contributed by atoms with Crippen LogP contribution in [0.3, 0.4) is 0 Å².